The van der Waals surface area contributed by atoms with E-state index >= 15 is 0 Å². The average Bonchev–Trinajstić information content (AvgIpc) is 2.69. The molecule has 0 saturated carbocycles. The molecule has 4 nitrogen and oxygen atoms in total. The van der Waals surface area contributed by atoms with E-state index in [2.05, 4.69) is 5.32 Å². The molecule has 0 radical (unpaired) electrons. The Morgan fingerprint density at radius 2 is 1.48 bits per heavy atom. The highest BCUT2D eigenvalue weighted by Crippen LogP contribution is 2.10. The average molecular weight is 367 g/mol. The summed E-state index contributed by atoms with van der Waals surface area (Å²) in [5.74, 6) is -0.122. The van der Waals surface area contributed by atoms with E-state index in [0.717, 1.165) is 24.0 Å². The van der Waals surface area contributed by atoms with Gasteiger partial charge in [-0.2, -0.15) is 0 Å². The first kappa shape index (κ1) is 20.7. The number of carbonyl (C=O) groups excluding carboxylic acids is 2. The number of carbonyl (C=O) groups is 2. The van der Waals surface area contributed by atoms with Crippen LogP contribution in [0.25, 0.3) is 0 Å². The minimum atomic E-state index is -0.501. The van der Waals surface area contributed by atoms with E-state index in [0.29, 0.717) is 13.0 Å². The van der Waals surface area contributed by atoms with E-state index in [1.54, 1.807) is 4.90 Å². The van der Waals surface area contributed by atoms with E-state index in [1.165, 1.54) is 0 Å². The summed E-state index contributed by atoms with van der Waals surface area (Å²) >= 11 is 0. The zero-order valence-electron chi connectivity index (χ0n) is 16.5. The highest BCUT2D eigenvalue weighted by Gasteiger charge is 2.26. The van der Waals surface area contributed by atoms with Gasteiger partial charge in [-0.15, -0.1) is 0 Å². The molecule has 2 aromatic carbocycles. The maximum atomic E-state index is 13.0. The summed E-state index contributed by atoms with van der Waals surface area (Å²) in [5, 5.41) is 2.99. The summed E-state index contributed by atoms with van der Waals surface area (Å²) in [6.07, 6.45) is 1.89. The zero-order chi connectivity index (χ0) is 19.6. The third-order valence-corrected chi connectivity index (χ3v) is 4.85. The van der Waals surface area contributed by atoms with Gasteiger partial charge in [0.05, 0.1) is 6.42 Å². The maximum Gasteiger partial charge on any atom is 0.242 e. The van der Waals surface area contributed by atoms with Crippen molar-refractivity contribution < 1.29 is 9.59 Å². The van der Waals surface area contributed by atoms with E-state index in [9.17, 15) is 9.59 Å². The molecule has 1 N–H and O–H groups in total. The monoisotopic (exact) mass is 366 g/mol. The summed E-state index contributed by atoms with van der Waals surface area (Å²) in [6, 6.07) is 19.3. The van der Waals surface area contributed by atoms with Gasteiger partial charge in [-0.1, -0.05) is 67.6 Å². The van der Waals surface area contributed by atoms with Crippen molar-refractivity contribution in [2.45, 2.75) is 52.1 Å². The summed E-state index contributed by atoms with van der Waals surface area (Å²) < 4.78 is 0. The Kier molecular flexibility index (Phi) is 8.05. The van der Waals surface area contributed by atoms with Gasteiger partial charge in [-0.3, -0.25) is 9.59 Å². The molecule has 2 atom stereocenters. The van der Waals surface area contributed by atoms with Crippen LogP contribution in [-0.4, -0.2) is 35.3 Å². The fourth-order valence-electron chi connectivity index (χ4n) is 2.91. The van der Waals surface area contributed by atoms with Crippen LogP contribution < -0.4 is 5.32 Å². The Hall–Kier alpha value is -2.62. The molecule has 0 saturated heterocycles. The summed E-state index contributed by atoms with van der Waals surface area (Å²) in [7, 11) is 0. The van der Waals surface area contributed by atoms with Crippen LogP contribution in [0.15, 0.2) is 60.7 Å². The number of amides is 2. The molecule has 0 spiro atoms. The van der Waals surface area contributed by atoms with Crippen LogP contribution in [0.1, 0.15) is 38.3 Å². The number of benzene rings is 2. The van der Waals surface area contributed by atoms with Crippen LogP contribution in [0.3, 0.4) is 0 Å². The number of hydrogen-bond acceptors (Lipinski definition) is 2. The maximum absolute atomic E-state index is 13.0. The molecule has 0 aliphatic rings. The van der Waals surface area contributed by atoms with Crippen molar-refractivity contribution >= 4 is 11.8 Å². The van der Waals surface area contributed by atoms with Crippen LogP contribution in [0, 0.1) is 0 Å². The van der Waals surface area contributed by atoms with Gasteiger partial charge in [-0.25, -0.2) is 0 Å². The number of hydrogen-bond donors (Lipinski definition) is 1. The van der Waals surface area contributed by atoms with Gasteiger partial charge in [0.15, 0.2) is 0 Å². The van der Waals surface area contributed by atoms with Gasteiger partial charge in [0, 0.05) is 12.6 Å². The highest BCUT2D eigenvalue weighted by atomic mass is 16.2. The summed E-state index contributed by atoms with van der Waals surface area (Å²) in [4.78, 5) is 27.3. The molecule has 2 aromatic rings. The molecule has 0 unspecified atom stereocenters. The van der Waals surface area contributed by atoms with Crippen LogP contribution >= 0.6 is 0 Å². The predicted molar refractivity (Wildman–Crippen MR) is 109 cm³/mol. The smallest absolute Gasteiger partial charge is 0.242 e. The molecule has 0 fully saturated rings. The topological polar surface area (TPSA) is 49.4 Å². The quantitative estimate of drug-likeness (QED) is 0.737. The summed E-state index contributed by atoms with van der Waals surface area (Å²) in [6.45, 7) is 6.34. The van der Waals surface area contributed by atoms with Crippen molar-refractivity contribution in [1.29, 1.82) is 0 Å². The first-order chi connectivity index (χ1) is 13.0. The molecule has 0 aromatic heterocycles. The second-order valence-corrected chi connectivity index (χ2v) is 6.98. The van der Waals surface area contributed by atoms with Crippen LogP contribution in [0.2, 0.25) is 0 Å². The molecule has 0 aliphatic carbocycles. The van der Waals surface area contributed by atoms with Crippen LogP contribution in [0.4, 0.5) is 0 Å². The lowest BCUT2D eigenvalue weighted by Gasteiger charge is -2.29. The molecule has 4 heteroatoms. The van der Waals surface area contributed by atoms with Gasteiger partial charge in [-0.05, 0) is 37.8 Å². The third-order valence-electron chi connectivity index (χ3n) is 4.85. The molecule has 0 aliphatic heterocycles. The Bertz CT molecular complexity index is 716. The van der Waals surface area contributed by atoms with Gasteiger partial charge >= 0.3 is 0 Å². The second kappa shape index (κ2) is 10.5. The van der Waals surface area contributed by atoms with E-state index in [4.69, 9.17) is 0 Å². The Balaban J connectivity index is 2.11. The second-order valence-electron chi connectivity index (χ2n) is 6.98. The molecular weight excluding hydrogens is 336 g/mol. The molecule has 2 amide bonds. The van der Waals surface area contributed by atoms with Crippen molar-refractivity contribution in [3.63, 3.8) is 0 Å². The van der Waals surface area contributed by atoms with Gasteiger partial charge in [0.25, 0.3) is 0 Å². The fraction of sp³-hybridized carbons (Fsp3) is 0.391. The SMILES string of the molecule is CC[C@@H](C)NC(=O)[C@H](C)N(CCc1ccccc1)C(=O)Cc1ccccc1. The largest absolute Gasteiger partial charge is 0.352 e. The van der Waals surface area contributed by atoms with Gasteiger partial charge < -0.3 is 10.2 Å². The molecule has 0 heterocycles. The van der Waals surface area contributed by atoms with E-state index < -0.39 is 6.04 Å². The summed E-state index contributed by atoms with van der Waals surface area (Å²) in [5.41, 5.74) is 2.12. The Morgan fingerprint density at radius 1 is 0.926 bits per heavy atom. The predicted octanol–water partition coefficient (Wildman–Crippen LogP) is 3.60. The fourth-order valence-corrected chi connectivity index (χ4v) is 2.91. The minimum Gasteiger partial charge on any atom is -0.352 e. The first-order valence-electron chi connectivity index (χ1n) is 9.69. The van der Waals surface area contributed by atoms with Crippen molar-refractivity contribution in [2.24, 2.45) is 0 Å². The Morgan fingerprint density at radius 3 is 2.04 bits per heavy atom. The van der Waals surface area contributed by atoms with Crippen molar-refractivity contribution in [3.05, 3.63) is 71.8 Å². The Labute approximate surface area is 162 Å². The number of nitrogens with one attached hydrogen (secondary N) is 1. The molecule has 2 rings (SSSR count). The van der Waals surface area contributed by atoms with Crippen LogP contribution in [-0.2, 0) is 22.4 Å². The highest BCUT2D eigenvalue weighted by molar-refractivity contribution is 5.88. The van der Waals surface area contributed by atoms with Crippen molar-refractivity contribution in [3.8, 4) is 0 Å². The van der Waals surface area contributed by atoms with Crippen LogP contribution in [0.5, 0.6) is 0 Å². The molecule has 0 bridgehead atoms. The lowest BCUT2D eigenvalue weighted by atomic mass is 10.1. The van der Waals surface area contributed by atoms with Gasteiger partial charge in [0.2, 0.25) is 11.8 Å². The minimum absolute atomic E-state index is 0.0241. The number of rotatable bonds is 9. The normalized spacial score (nSPS) is 12.9. The van der Waals surface area contributed by atoms with E-state index in [1.807, 2.05) is 81.4 Å². The van der Waals surface area contributed by atoms with Crippen molar-refractivity contribution in [1.82, 2.24) is 10.2 Å². The lowest BCUT2D eigenvalue weighted by Crippen LogP contribution is -2.50. The lowest BCUT2D eigenvalue weighted by molar-refractivity contribution is -0.139. The van der Waals surface area contributed by atoms with Crippen molar-refractivity contribution in [2.75, 3.05) is 6.54 Å². The number of nitrogens with zero attached hydrogens (tertiary/aromatic N) is 1. The molecule has 27 heavy (non-hydrogen) atoms. The molecular formula is C23H30N2O2. The third kappa shape index (κ3) is 6.55. The standard InChI is InChI=1S/C23H30N2O2/c1-4-18(2)24-23(27)19(3)25(16-15-20-11-7-5-8-12-20)22(26)17-21-13-9-6-10-14-21/h5-14,18-19H,4,15-17H2,1-3H3,(H,24,27)/t18-,19+/m1/s1. The zero-order valence-corrected chi connectivity index (χ0v) is 16.5. The molecule has 144 valence electrons. The van der Waals surface area contributed by atoms with Gasteiger partial charge in [0.1, 0.15) is 6.04 Å². The first-order valence-corrected chi connectivity index (χ1v) is 9.69. The van der Waals surface area contributed by atoms with E-state index in [-0.39, 0.29) is 17.9 Å².